The normalized spacial score (nSPS) is 26.8. The number of sulfone groups is 1. The molecule has 8 nitrogen and oxygen atoms in total. The minimum absolute atomic E-state index is 0.0288. The summed E-state index contributed by atoms with van der Waals surface area (Å²) in [5, 5.41) is 14.0. The summed E-state index contributed by atoms with van der Waals surface area (Å²) in [5.74, 6) is -2.97. The molecule has 110 valence electrons. The highest BCUT2D eigenvalue weighted by Gasteiger charge is 2.43. The number of ketones is 2. The van der Waals surface area contributed by atoms with Crippen LogP contribution < -0.4 is 10.6 Å². The average Bonchev–Trinajstić information content (AvgIpc) is 2.43. The van der Waals surface area contributed by atoms with E-state index in [2.05, 4.69) is 10.6 Å². The molecule has 1 aliphatic carbocycles. The fourth-order valence-electron chi connectivity index (χ4n) is 2.41. The second-order valence-corrected chi connectivity index (χ2v) is 6.76. The van der Waals surface area contributed by atoms with Crippen LogP contribution in [0, 0.1) is 0 Å². The molecule has 0 bridgehead atoms. The minimum atomic E-state index is -3.81. The van der Waals surface area contributed by atoms with E-state index in [9.17, 15) is 22.8 Å². The molecule has 0 saturated carbocycles. The van der Waals surface area contributed by atoms with Crippen molar-refractivity contribution in [3.63, 3.8) is 0 Å². The first kappa shape index (κ1) is 13.6. The minimum Gasteiger partial charge on any atom is -0.479 e. The lowest BCUT2D eigenvalue weighted by Gasteiger charge is -2.29. The van der Waals surface area contributed by atoms with Crippen LogP contribution >= 0.6 is 0 Å². The van der Waals surface area contributed by atoms with Crippen LogP contribution in [-0.4, -0.2) is 49.4 Å². The summed E-state index contributed by atoms with van der Waals surface area (Å²) >= 11 is 0. The first-order valence-electron chi connectivity index (χ1n) is 6.05. The van der Waals surface area contributed by atoms with Gasteiger partial charge in [-0.05, 0) is 0 Å². The molecule has 3 rings (SSSR count). The van der Waals surface area contributed by atoms with Gasteiger partial charge in [0.2, 0.25) is 11.6 Å². The van der Waals surface area contributed by atoms with E-state index >= 15 is 0 Å². The molecular weight excluding hydrogens is 300 g/mol. The zero-order valence-corrected chi connectivity index (χ0v) is 11.4. The van der Waals surface area contributed by atoms with Crippen molar-refractivity contribution in [1.82, 2.24) is 10.6 Å². The quantitative estimate of drug-likeness (QED) is 0.485. The summed E-state index contributed by atoms with van der Waals surface area (Å²) in [5.41, 5.74) is -0.585. The third-order valence-corrected chi connectivity index (χ3v) is 5.16. The molecule has 0 aromatic carbocycles. The number of hydrogen-bond acceptors (Lipinski definition) is 7. The van der Waals surface area contributed by atoms with Crippen LogP contribution in [0.15, 0.2) is 34.0 Å². The Morgan fingerprint density at radius 2 is 1.95 bits per heavy atom. The molecule has 0 radical (unpaired) electrons. The van der Waals surface area contributed by atoms with E-state index in [0.29, 0.717) is 0 Å². The van der Waals surface area contributed by atoms with Crippen molar-refractivity contribution in [3.8, 4) is 0 Å². The van der Waals surface area contributed by atoms with Gasteiger partial charge >= 0.3 is 5.97 Å². The second kappa shape index (κ2) is 4.29. The van der Waals surface area contributed by atoms with Gasteiger partial charge in [-0.15, -0.1) is 0 Å². The molecule has 21 heavy (non-hydrogen) atoms. The van der Waals surface area contributed by atoms with Crippen LogP contribution in [0.5, 0.6) is 0 Å². The average molecular weight is 310 g/mol. The summed E-state index contributed by atoms with van der Waals surface area (Å²) in [4.78, 5) is 35.0. The summed E-state index contributed by atoms with van der Waals surface area (Å²) in [6, 6.07) is -1.14. The Bertz CT molecular complexity index is 787. The standard InChI is InChI=1S/C12H10N2O6S/c15-9-5-1-2-6(12(17)18)14-7(5)10(16)8-11(9)21(19,20)4-3-13-8/h1-2,6,13-14H,3-4H2,(H,17,18). The molecule has 0 aromatic rings. The largest absolute Gasteiger partial charge is 0.479 e. The number of carboxylic acids is 1. The van der Waals surface area contributed by atoms with Gasteiger partial charge in [0.1, 0.15) is 16.6 Å². The molecule has 0 aromatic heterocycles. The zero-order valence-electron chi connectivity index (χ0n) is 10.5. The number of carbonyl (C=O) groups is 3. The smallest absolute Gasteiger partial charge is 0.330 e. The molecule has 0 saturated heterocycles. The number of carboxylic acid groups (broad SMARTS) is 1. The zero-order chi connectivity index (χ0) is 15.4. The number of dihydropyridines is 1. The Hall–Kier alpha value is -2.42. The first-order chi connectivity index (χ1) is 9.83. The van der Waals surface area contributed by atoms with E-state index in [1.165, 1.54) is 12.2 Å². The summed E-state index contributed by atoms with van der Waals surface area (Å²) in [6.45, 7) is 0.0288. The highest BCUT2D eigenvalue weighted by molar-refractivity contribution is 7.96. The lowest BCUT2D eigenvalue weighted by atomic mass is 9.93. The maximum absolute atomic E-state index is 12.3. The lowest BCUT2D eigenvalue weighted by Crippen LogP contribution is -2.47. The van der Waals surface area contributed by atoms with Crippen molar-refractivity contribution in [2.24, 2.45) is 0 Å². The number of nitrogens with one attached hydrogen (secondary N) is 2. The molecule has 3 aliphatic rings. The number of aliphatic carboxylic acids is 1. The topological polar surface area (TPSA) is 130 Å². The number of Topliss-reactive ketones (excluding diaryl/α,β-unsaturated/α-hetero) is 2. The van der Waals surface area contributed by atoms with Gasteiger partial charge in [-0.1, -0.05) is 12.2 Å². The predicted molar refractivity (Wildman–Crippen MR) is 69.6 cm³/mol. The van der Waals surface area contributed by atoms with E-state index in [4.69, 9.17) is 5.11 Å². The maximum Gasteiger partial charge on any atom is 0.330 e. The predicted octanol–water partition coefficient (Wildman–Crippen LogP) is -1.77. The van der Waals surface area contributed by atoms with Gasteiger partial charge in [-0.25, -0.2) is 13.2 Å². The third-order valence-electron chi connectivity index (χ3n) is 3.41. The molecular formula is C12H10N2O6S. The van der Waals surface area contributed by atoms with Gasteiger partial charge < -0.3 is 15.7 Å². The van der Waals surface area contributed by atoms with E-state index in [0.717, 1.165) is 0 Å². The van der Waals surface area contributed by atoms with Gasteiger partial charge in [0.05, 0.1) is 17.0 Å². The van der Waals surface area contributed by atoms with E-state index < -0.39 is 38.3 Å². The Balaban J connectivity index is 2.12. The lowest BCUT2D eigenvalue weighted by molar-refractivity contribution is -0.138. The van der Waals surface area contributed by atoms with Crippen molar-refractivity contribution >= 4 is 27.4 Å². The van der Waals surface area contributed by atoms with Gasteiger partial charge in [0, 0.05) is 6.54 Å². The van der Waals surface area contributed by atoms with Gasteiger partial charge in [0.15, 0.2) is 9.84 Å². The molecule has 2 heterocycles. The monoisotopic (exact) mass is 310 g/mol. The molecule has 0 fully saturated rings. The van der Waals surface area contributed by atoms with Crippen LogP contribution in [0.25, 0.3) is 0 Å². The number of hydrogen-bond donors (Lipinski definition) is 3. The van der Waals surface area contributed by atoms with Gasteiger partial charge in [0.25, 0.3) is 0 Å². The van der Waals surface area contributed by atoms with Crippen molar-refractivity contribution in [2.75, 3.05) is 12.3 Å². The van der Waals surface area contributed by atoms with E-state index in [1.807, 2.05) is 0 Å². The van der Waals surface area contributed by atoms with Gasteiger partial charge in [-0.2, -0.15) is 0 Å². The third kappa shape index (κ3) is 1.88. The summed E-state index contributed by atoms with van der Waals surface area (Å²) in [7, 11) is -3.81. The van der Waals surface area contributed by atoms with E-state index in [-0.39, 0.29) is 29.3 Å². The number of allylic oxidation sites excluding steroid dienone is 3. The van der Waals surface area contributed by atoms with Crippen LogP contribution in [0.3, 0.4) is 0 Å². The molecule has 1 unspecified atom stereocenters. The molecule has 1 atom stereocenters. The van der Waals surface area contributed by atoms with Gasteiger partial charge in [-0.3, -0.25) is 9.59 Å². The Labute approximate surface area is 119 Å². The Morgan fingerprint density at radius 1 is 1.24 bits per heavy atom. The molecule has 2 aliphatic heterocycles. The van der Waals surface area contributed by atoms with Crippen molar-refractivity contribution in [1.29, 1.82) is 0 Å². The van der Waals surface area contributed by atoms with Crippen molar-refractivity contribution < 1.29 is 27.9 Å². The van der Waals surface area contributed by atoms with Crippen LogP contribution in [0.1, 0.15) is 0 Å². The second-order valence-electron chi connectivity index (χ2n) is 4.72. The van der Waals surface area contributed by atoms with Crippen LogP contribution in [0.2, 0.25) is 0 Å². The molecule has 0 spiro atoms. The molecule has 9 heteroatoms. The Kier molecular flexibility index (Phi) is 2.77. The van der Waals surface area contributed by atoms with Crippen molar-refractivity contribution in [2.45, 2.75) is 6.04 Å². The SMILES string of the molecule is O=C1C2=C(C=CC(C(=O)O)N2)C(=O)C2=C1NCCS2(=O)=O. The number of carbonyl (C=O) groups excluding carboxylic acids is 2. The summed E-state index contributed by atoms with van der Waals surface area (Å²) < 4.78 is 24.0. The van der Waals surface area contributed by atoms with Crippen LogP contribution in [0.4, 0.5) is 0 Å². The first-order valence-corrected chi connectivity index (χ1v) is 7.70. The van der Waals surface area contributed by atoms with E-state index in [1.54, 1.807) is 0 Å². The highest BCUT2D eigenvalue weighted by atomic mass is 32.2. The Morgan fingerprint density at radius 3 is 2.62 bits per heavy atom. The fourth-order valence-corrected chi connectivity index (χ4v) is 3.86. The maximum atomic E-state index is 12.3. The fraction of sp³-hybridized carbons (Fsp3) is 0.250. The van der Waals surface area contributed by atoms with Crippen molar-refractivity contribution in [3.05, 3.63) is 34.0 Å². The molecule has 0 amide bonds. The molecule has 3 N–H and O–H groups in total. The highest BCUT2D eigenvalue weighted by Crippen LogP contribution is 2.30. The van der Waals surface area contributed by atoms with Crippen LogP contribution in [-0.2, 0) is 24.2 Å². The summed E-state index contributed by atoms with van der Waals surface area (Å²) in [6.07, 6.45) is 2.37. The number of rotatable bonds is 1.